The molecule has 0 saturated carbocycles. The van der Waals surface area contributed by atoms with Crippen LogP contribution in [-0.4, -0.2) is 35.4 Å². The fourth-order valence-corrected chi connectivity index (χ4v) is 4.14. The van der Waals surface area contributed by atoms with Crippen LogP contribution in [0, 0.1) is 0 Å². The standard InChI is InChI=1S/C23H29N3O3S/c1-4-5-6-9-14-26-20-11-8-7-10-18(20)25-23(26)30-16-22(27)24-19-13-12-17(28-2)15-21(19)29-3/h7-8,10-13,15H,4-6,9,14,16H2,1-3H3,(H,24,27). The van der Waals surface area contributed by atoms with Gasteiger partial charge in [0.2, 0.25) is 5.91 Å². The van der Waals surface area contributed by atoms with E-state index in [0.29, 0.717) is 17.2 Å². The highest BCUT2D eigenvalue weighted by Crippen LogP contribution is 2.30. The highest BCUT2D eigenvalue weighted by molar-refractivity contribution is 7.99. The third kappa shape index (κ3) is 5.48. The van der Waals surface area contributed by atoms with Crippen LogP contribution in [0.4, 0.5) is 5.69 Å². The largest absolute Gasteiger partial charge is 0.497 e. The quantitative estimate of drug-likeness (QED) is 0.329. The third-order valence-corrected chi connectivity index (χ3v) is 5.85. The van der Waals surface area contributed by atoms with Gasteiger partial charge in [-0.1, -0.05) is 50.1 Å². The van der Waals surface area contributed by atoms with Crippen molar-refractivity contribution in [3.63, 3.8) is 0 Å². The summed E-state index contributed by atoms with van der Waals surface area (Å²) in [5, 5.41) is 3.80. The molecule has 6 nitrogen and oxygen atoms in total. The lowest BCUT2D eigenvalue weighted by molar-refractivity contribution is -0.113. The van der Waals surface area contributed by atoms with Gasteiger partial charge in [-0.05, 0) is 30.7 Å². The van der Waals surface area contributed by atoms with E-state index in [1.54, 1.807) is 32.4 Å². The normalized spacial score (nSPS) is 10.9. The van der Waals surface area contributed by atoms with Crippen molar-refractivity contribution in [1.29, 1.82) is 0 Å². The second-order valence-electron chi connectivity index (χ2n) is 7.00. The summed E-state index contributed by atoms with van der Waals surface area (Å²) in [4.78, 5) is 17.3. The Balaban J connectivity index is 1.68. The zero-order chi connectivity index (χ0) is 21.3. The van der Waals surface area contributed by atoms with Gasteiger partial charge in [0.15, 0.2) is 5.16 Å². The Kier molecular flexibility index (Phi) is 8.02. The second kappa shape index (κ2) is 10.9. The van der Waals surface area contributed by atoms with Crippen LogP contribution in [0.3, 0.4) is 0 Å². The van der Waals surface area contributed by atoms with Crippen molar-refractivity contribution in [3.05, 3.63) is 42.5 Å². The highest BCUT2D eigenvalue weighted by atomic mass is 32.2. The van der Waals surface area contributed by atoms with Crippen LogP contribution in [0.5, 0.6) is 11.5 Å². The number of para-hydroxylation sites is 2. The van der Waals surface area contributed by atoms with Crippen molar-refractivity contribution in [2.45, 2.75) is 44.3 Å². The summed E-state index contributed by atoms with van der Waals surface area (Å²) in [6.45, 7) is 3.13. The smallest absolute Gasteiger partial charge is 0.234 e. The van der Waals surface area contributed by atoms with E-state index in [-0.39, 0.29) is 11.7 Å². The molecule has 7 heteroatoms. The molecule has 3 rings (SSSR count). The number of aromatic nitrogens is 2. The van der Waals surface area contributed by atoms with Gasteiger partial charge in [-0.3, -0.25) is 4.79 Å². The van der Waals surface area contributed by atoms with Gasteiger partial charge < -0.3 is 19.4 Å². The van der Waals surface area contributed by atoms with E-state index in [9.17, 15) is 4.79 Å². The fraction of sp³-hybridized carbons (Fsp3) is 0.391. The zero-order valence-electron chi connectivity index (χ0n) is 17.8. The number of unbranched alkanes of at least 4 members (excludes halogenated alkanes) is 3. The van der Waals surface area contributed by atoms with Crippen LogP contribution in [0.2, 0.25) is 0 Å². The number of ether oxygens (including phenoxy) is 2. The van der Waals surface area contributed by atoms with Crippen LogP contribution in [0.25, 0.3) is 11.0 Å². The molecule has 2 aromatic carbocycles. The lowest BCUT2D eigenvalue weighted by Gasteiger charge is -2.12. The Labute approximate surface area is 182 Å². The molecule has 1 amide bonds. The molecule has 0 bridgehead atoms. The number of fused-ring (bicyclic) bond motifs is 1. The van der Waals surface area contributed by atoms with E-state index in [2.05, 4.69) is 22.9 Å². The number of aryl methyl sites for hydroxylation is 1. The fourth-order valence-electron chi connectivity index (χ4n) is 3.29. The van der Waals surface area contributed by atoms with E-state index in [1.165, 1.54) is 31.0 Å². The minimum absolute atomic E-state index is 0.104. The maximum atomic E-state index is 12.6. The SMILES string of the molecule is CCCCCCn1c(SCC(=O)Nc2ccc(OC)cc2OC)nc2ccccc21. The van der Waals surface area contributed by atoms with Crippen molar-refractivity contribution in [2.24, 2.45) is 0 Å². The van der Waals surface area contributed by atoms with Gasteiger partial charge in [0, 0.05) is 12.6 Å². The Morgan fingerprint density at radius 2 is 1.93 bits per heavy atom. The summed E-state index contributed by atoms with van der Waals surface area (Å²) in [6.07, 6.45) is 4.75. The Morgan fingerprint density at radius 3 is 2.70 bits per heavy atom. The highest BCUT2D eigenvalue weighted by Gasteiger charge is 2.14. The second-order valence-corrected chi connectivity index (χ2v) is 7.94. The number of carbonyl (C=O) groups is 1. The number of methoxy groups -OCH3 is 2. The summed E-state index contributed by atoms with van der Waals surface area (Å²) in [5.74, 6) is 1.41. The number of thioether (sulfide) groups is 1. The summed E-state index contributed by atoms with van der Waals surface area (Å²) in [5.41, 5.74) is 2.71. The monoisotopic (exact) mass is 427 g/mol. The van der Waals surface area contributed by atoms with Crippen LogP contribution in [-0.2, 0) is 11.3 Å². The van der Waals surface area contributed by atoms with Crippen LogP contribution < -0.4 is 14.8 Å². The number of nitrogens with one attached hydrogen (secondary N) is 1. The number of hydrogen-bond donors (Lipinski definition) is 1. The molecule has 160 valence electrons. The molecule has 0 aliphatic carbocycles. The van der Waals surface area contributed by atoms with Gasteiger partial charge in [-0.25, -0.2) is 4.98 Å². The number of amides is 1. The van der Waals surface area contributed by atoms with Crippen LogP contribution in [0.15, 0.2) is 47.6 Å². The third-order valence-electron chi connectivity index (χ3n) is 4.87. The summed E-state index contributed by atoms with van der Waals surface area (Å²) in [7, 11) is 3.16. The molecule has 1 aromatic heterocycles. The topological polar surface area (TPSA) is 65.4 Å². The number of carbonyl (C=O) groups excluding carboxylic acids is 1. The van der Waals surface area contributed by atoms with Gasteiger partial charge in [0.05, 0.1) is 36.7 Å². The number of nitrogens with zero attached hydrogens (tertiary/aromatic N) is 2. The first-order valence-corrected chi connectivity index (χ1v) is 11.2. The van der Waals surface area contributed by atoms with Gasteiger partial charge in [-0.15, -0.1) is 0 Å². The first kappa shape index (κ1) is 22.0. The lowest BCUT2D eigenvalue weighted by Crippen LogP contribution is -2.15. The lowest BCUT2D eigenvalue weighted by atomic mass is 10.2. The van der Waals surface area contributed by atoms with E-state index in [1.807, 2.05) is 18.2 Å². The Bertz CT molecular complexity index is 987. The summed E-state index contributed by atoms with van der Waals surface area (Å²) >= 11 is 1.46. The molecule has 0 aliphatic heterocycles. The van der Waals surface area contributed by atoms with Gasteiger partial charge in [0.25, 0.3) is 0 Å². The van der Waals surface area contributed by atoms with Gasteiger partial charge in [-0.2, -0.15) is 0 Å². The predicted molar refractivity (Wildman–Crippen MR) is 123 cm³/mol. The van der Waals surface area contributed by atoms with Gasteiger partial charge in [0.1, 0.15) is 11.5 Å². The Hall–Kier alpha value is -2.67. The van der Waals surface area contributed by atoms with E-state index < -0.39 is 0 Å². The van der Waals surface area contributed by atoms with Crippen LogP contribution >= 0.6 is 11.8 Å². The first-order valence-electron chi connectivity index (χ1n) is 10.3. The number of anilines is 1. The average molecular weight is 428 g/mol. The first-order chi connectivity index (χ1) is 14.7. The van der Waals surface area contributed by atoms with E-state index >= 15 is 0 Å². The summed E-state index contributed by atoms with van der Waals surface area (Å²) < 4.78 is 12.8. The molecular weight excluding hydrogens is 398 g/mol. The molecule has 0 aliphatic rings. The van der Waals surface area contributed by atoms with Crippen molar-refractivity contribution < 1.29 is 14.3 Å². The van der Waals surface area contributed by atoms with Gasteiger partial charge >= 0.3 is 0 Å². The molecule has 0 saturated heterocycles. The molecule has 1 heterocycles. The predicted octanol–water partition coefficient (Wildman–Crippen LogP) is 5.36. The minimum atomic E-state index is -0.104. The molecule has 0 atom stereocenters. The van der Waals surface area contributed by atoms with Crippen molar-refractivity contribution in [2.75, 3.05) is 25.3 Å². The molecular formula is C23H29N3O3S. The van der Waals surface area contributed by atoms with Crippen molar-refractivity contribution in [3.8, 4) is 11.5 Å². The molecule has 0 fully saturated rings. The number of hydrogen-bond acceptors (Lipinski definition) is 5. The molecule has 0 unspecified atom stereocenters. The summed E-state index contributed by atoms with van der Waals surface area (Å²) in [6, 6.07) is 13.5. The number of rotatable bonds is 11. The number of benzene rings is 2. The molecule has 0 spiro atoms. The Morgan fingerprint density at radius 1 is 1.10 bits per heavy atom. The van der Waals surface area contributed by atoms with E-state index in [4.69, 9.17) is 14.5 Å². The zero-order valence-corrected chi connectivity index (χ0v) is 18.6. The van der Waals surface area contributed by atoms with E-state index in [0.717, 1.165) is 29.2 Å². The minimum Gasteiger partial charge on any atom is -0.497 e. The average Bonchev–Trinajstić information content (AvgIpc) is 3.13. The number of imidazole rings is 1. The molecule has 0 radical (unpaired) electrons. The molecule has 1 N–H and O–H groups in total. The molecule has 3 aromatic rings. The van der Waals surface area contributed by atoms with Crippen molar-refractivity contribution >= 4 is 34.4 Å². The van der Waals surface area contributed by atoms with Crippen molar-refractivity contribution in [1.82, 2.24) is 9.55 Å². The molecule has 30 heavy (non-hydrogen) atoms. The maximum Gasteiger partial charge on any atom is 0.234 e. The maximum absolute atomic E-state index is 12.6. The van der Waals surface area contributed by atoms with Crippen LogP contribution in [0.1, 0.15) is 32.6 Å².